The van der Waals surface area contributed by atoms with E-state index in [1.165, 1.54) is 0 Å². The predicted octanol–water partition coefficient (Wildman–Crippen LogP) is 2.59. The van der Waals surface area contributed by atoms with Crippen LogP contribution in [0.15, 0.2) is 16.9 Å². The summed E-state index contributed by atoms with van der Waals surface area (Å²) in [5.74, 6) is 0.675. The van der Waals surface area contributed by atoms with Crippen LogP contribution in [0.4, 0.5) is 0 Å². The van der Waals surface area contributed by atoms with Crippen LogP contribution in [0.3, 0.4) is 0 Å². The lowest BCUT2D eigenvalue weighted by molar-refractivity contribution is -0.133. The minimum absolute atomic E-state index is 0.158. The molecular weight excluding hydrogens is 292 g/mol. The van der Waals surface area contributed by atoms with Crippen LogP contribution in [-0.4, -0.2) is 38.3 Å². The number of carbonyl (C=O) groups excluding carboxylic acids is 1. The van der Waals surface area contributed by atoms with Gasteiger partial charge in [-0.1, -0.05) is 5.16 Å². The summed E-state index contributed by atoms with van der Waals surface area (Å²) in [7, 11) is 0. The largest absolute Gasteiger partial charge is 0.361 e. The summed E-state index contributed by atoms with van der Waals surface area (Å²) in [6.07, 6.45) is 5.95. The molecule has 3 rings (SSSR count). The quantitative estimate of drug-likeness (QED) is 0.869. The molecule has 1 fully saturated rings. The third kappa shape index (κ3) is 3.02. The Labute approximate surface area is 136 Å². The number of rotatable bonds is 4. The summed E-state index contributed by atoms with van der Waals surface area (Å²) >= 11 is 0. The Kier molecular flexibility index (Phi) is 4.24. The Morgan fingerprint density at radius 1 is 1.43 bits per heavy atom. The molecule has 0 spiro atoms. The zero-order valence-electron chi connectivity index (χ0n) is 14.2. The second-order valence-electron chi connectivity index (χ2n) is 6.53. The molecule has 124 valence electrons. The zero-order chi connectivity index (χ0) is 16.6. The van der Waals surface area contributed by atoms with Crippen molar-refractivity contribution in [1.29, 1.82) is 0 Å². The molecule has 3 heterocycles. The molecular formula is C17H24N4O2. The van der Waals surface area contributed by atoms with Crippen molar-refractivity contribution in [3.05, 3.63) is 35.0 Å². The Morgan fingerprint density at radius 2 is 2.22 bits per heavy atom. The first-order chi connectivity index (χ1) is 11.0. The maximum absolute atomic E-state index is 13.0. The molecule has 0 N–H and O–H groups in total. The number of likely N-dealkylation sites (tertiary alicyclic amines) is 1. The summed E-state index contributed by atoms with van der Waals surface area (Å²) in [6.45, 7) is 9.31. The Morgan fingerprint density at radius 3 is 2.83 bits per heavy atom. The molecule has 0 aliphatic carbocycles. The van der Waals surface area contributed by atoms with E-state index in [2.05, 4.69) is 10.3 Å². The Balaban J connectivity index is 1.75. The van der Waals surface area contributed by atoms with E-state index in [1.807, 2.05) is 49.7 Å². The minimum atomic E-state index is -0.221. The van der Waals surface area contributed by atoms with Crippen molar-refractivity contribution in [3.63, 3.8) is 0 Å². The third-order valence-electron chi connectivity index (χ3n) is 4.71. The van der Waals surface area contributed by atoms with Gasteiger partial charge in [0.2, 0.25) is 5.91 Å². The van der Waals surface area contributed by atoms with Crippen molar-refractivity contribution in [2.75, 3.05) is 6.54 Å². The molecule has 1 aliphatic rings. The van der Waals surface area contributed by atoms with E-state index in [0.29, 0.717) is 0 Å². The molecule has 0 unspecified atom stereocenters. The zero-order valence-corrected chi connectivity index (χ0v) is 14.2. The highest BCUT2D eigenvalue weighted by molar-refractivity contribution is 5.84. The molecule has 0 aromatic carbocycles. The highest BCUT2D eigenvalue weighted by Gasteiger charge is 2.34. The van der Waals surface area contributed by atoms with Gasteiger partial charge in [0.05, 0.1) is 30.4 Å². The molecule has 23 heavy (non-hydrogen) atoms. The van der Waals surface area contributed by atoms with Gasteiger partial charge in [0.25, 0.3) is 0 Å². The first-order valence-electron chi connectivity index (χ1n) is 8.19. The van der Waals surface area contributed by atoms with E-state index in [0.717, 1.165) is 48.5 Å². The molecule has 1 saturated heterocycles. The standard InChI is InChI=1S/C17H24N4O2/c1-11-8-18-20(9-11)10-15-6-5-7-21(15)17(22)12(2)16-13(3)19-23-14(16)4/h8-9,12,15H,5-7,10H2,1-4H3/t12-,15-/m1/s1. The summed E-state index contributed by atoms with van der Waals surface area (Å²) in [6, 6.07) is 0.213. The van der Waals surface area contributed by atoms with Gasteiger partial charge in [-0.15, -0.1) is 0 Å². The highest BCUT2D eigenvalue weighted by atomic mass is 16.5. The number of carbonyl (C=O) groups is 1. The Hall–Kier alpha value is -2.11. The third-order valence-corrected chi connectivity index (χ3v) is 4.71. The highest BCUT2D eigenvalue weighted by Crippen LogP contribution is 2.28. The van der Waals surface area contributed by atoms with Crippen LogP contribution in [0.25, 0.3) is 0 Å². The number of nitrogens with zero attached hydrogens (tertiary/aromatic N) is 4. The van der Waals surface area contributed by atoms with Crippen LogP contribution < -0.4 is 0 Å². The molecule has 0 saturated carbocycles. The lowest BCUT2D eigenvalue weighted by atomic mass is 9.97. The first-order valence-corrected chi connectivity index (χ1v) is 8.19. The maximum Gasteiger partial charge on any atom is 0.230 e. The lowest BCUT2D eigenvalue weighted by Crippen LogP contribution is -2.40. The average molecular weight is 316 g/mol. The van der Waals surface area contributed by atoms with E-state index >= 15 is 0 Å². The molecule has 0 radical (unpaired) electrons. The smallest absolute Gasteiger partial charge is 0.230 e. The van der Waals surface area contributed by atoms with Gasteiger partial charge in [-0.25, -0.2) is 0 Å². The number of hydrogen-bond acceptors (Lipinski definition) is 4. The number of amides is 1. The van der Waals surface area contributed by atoms with Crippen LogP contribution in [0.2, 0.25) is 0 Å². The van der Waals surface area contributed by atoms with Crippen molar-refractivity contribution in [2.24, 2.45) is 0 Å². The van der Waals surface area contributed by atoms with Crippen LogP contribution in [-0.2, 0) is 11.3 Å². The topological polar surface area (TPSA) is 64.2 Å². The fraction of sp³-hybridized carbons (Fsp3) is 0.588. The normalized spacial score (nSPS) is 19.3. The summed E-state index contributed by atoms with van der Waals surface area (Å²) in [4.78, 5) is 15.0. The van der Waals surface area contributed by atoms with Crippen molar-refractivity contribution in [2.45, 2.75) is 59.0 Å². The second kappa shape index (κ2) is 6.18. The predicted molar refractivity (Wildman–Crippen MR) is 86.1 cm³/mol. The fourth-order valence-electron chi connectivity index (χ4n) is 3.58. The SMILES string of the molecule is Cc1cnn(C[C@H]2CCCN2C(=O)[C@H](C)c2c(C)noc2C)c1. The van der Waals surface area contributed by atoms with E-state index in [4.69, 9.17) is 4.52 Å². The first kappa shape index (κ1) is 15.8. The molecule has 0 bridgehead atoms. The molecule has 2 aromatic heterocycles. The van der Waals surface area contributed by atoms with Crippen LogP contribution in [0, 0.1) is 20.8 Å². The van der Waals surface area contributed by atoms with Gasteiger partial charge in [0.1, 0.15) is 5.76 Å². The minimum Gasteiger partial charge on any atom is -0.361 e. The van der Waals surface area contributed by atoms with Gasteiger partial charge >= 0.3 is 0 Å². The molecule has 6 heteroatoms. The Bertz CT molecular complexity index is 684. The summed E-state index contributed by atoms with van der Waals surface area (Å²) in [5, 5.41) is 8.33. The van der Waals surface area contributed by atoms with Crippen molar-refractivity contribution < 1.29 is 9.32 Å². The molecule has 1 amide bonds. The number of aromatic nitrogens is 3. The van der Waals surface area contributed by atoms with Crippen LogP contribution in [0.5, 0.6) is 0 Å². The summed E-state index contributed by atoms with van der Waals surface area (Å²) in [5.41, 5.74) is 2.88. The van der Waals surface area contributed by atoms with Crippen LogP contribution >= 0.6 is 0 Å². The van der Waals surface area contributed by atoms with Crippen molar-refractivity contribution in [3.8, 4) is 0 Å². The number of aryl methyl sites for hydroxylation is 3. The van der Waals surface area contributed by atoms with Gasteiger partial charge in [-0.05, 0) is 46.1 Å². The molecule has 6 nitrogen and oxygen atoms in total. The molecule has 2 aromatic rings. The number of hydrogen-bond donors (Lipinski definition) is 0. The van der Waals surface area contributed by atoms with Gasteiger partial charge < -0.3 is 9.42 Å². The van der Waals surface area contributed by atoms with Crippen LogP contribution in [0.1, 0.15) is 48.3 Å². The van der Waals surface area contributed by atoms with Gasteiger partial charge in [-0.2, -0.15) is 5.10 Å². The van der Waals surface area contributed by atoms with E-state index in [9.17, 15) is 4.79 Å². The van der Waals surface area contributed by atoms with Gasteiger partial charge in [0.15, 0.2) is 0 Å². The fourth-order valence-corrected chi connectivity index (χ4v) is 3.58. The second-order valence-corrected chi connectivity index (χ2v) is 6.53. The van der Waals surface area contributed by atoms with E-state index in [1.54, 1.807) is 0 Å². The van der Waals surface area contributed by atoms with Crippen molar-refractivity contribution >= 4 is 5.91 Å². The van der Waals surface area contributed by atoms with Gasteiger partial charge in [-0.3, -0.25) is 9.48 Å². The van der Waals surface area contributed by atoms with E-state index < -0.39 is 0 Å². The maximum atomic E-state index is 13.0. The van der Waals surface area contributed by atoms with Gasteiger partial charge in [0, 0.05) is 18.3 Å². The molecule has 1 aliphatic heterocycles. The lowest BCUT2D eigenvalue weighted by Gasteiger charge is -2.27. The average Bonchev–Trinajstić information content (AvgIpc) is 3.21. The summed E-state index contributed by atoms with van der Waals surface area (Å²) < 4.78 is 7.16. The van der Waals surface area contributed by atoms with Crippen molar-refractivity contribution in [1.82, 2.24) is 19.8 Å². The van der Waals surface area contributed by atoms with E-state index in [-0.39, 0.29) is 17.9 Å². The monoisotopic (exact) mass is 316 g/mol. The molecule has 2 atom stereocenters.